The van der Waals surface area contributed by atoms with Crippen molar-refractivity contribution >= 4 is 16.8 Å². The van der Waals surface area contributed by atoms with E-state index < -0.39 is 5.60 Å². The molecule has 0 aromatic heterocycles. The smallest absolute Gasteiger partial charge is 0.178 e. The molecule has 0 saturated heterocycles. The Bertz CT molecular complexity index is 2020. The minimum Gasteiger partial charge on any atom is -0.497 e. The molecule has 0 amide bonds. The summed E-state index contributed by atoms with van der Waals surface area (Å²) < 4.78 is 24.5. The van der Waals surface area contributed by atoms with Gasteiger partial charge in [0.25, 0.3) is 0 Å². The van der Waals surface area contributed by atoms with E-state index >= 15 is 0 Å². The summed E-state index contributed by atoms with van der Waals surface area (Å²) in [6.07, 6.45) is 7.97. The lowest BCUT2D eigenvalue weighted by Gasteiger charge is -2.52. The number of methoxy groups -OCH3 is 3. The van der Waals surface area contributed by atoms with Crippen molar-refractivity contribution in [1.82, 2.24) is 0 Å². The van der Waals surface area contributed by atoms with Gasteiger partial charge in [-0.3, -0.25) is 0 Å². The lowest BCUT2D eigenvalue weighted by molar-refractivity contribution is 0.0642. The van der Waals surface area contributed by atoms with Crippen LogP contribution in [0, 0.1) is 10.8 Å². The number of hydrogen-bond donors (Lipinski definition) is 0. The Labute approximate surface area is 284 Å². The first-order chi connectivity index (χ1) is 23.0. The predicted octanol–water partition coefficient (Wildman–Crippen LogP) is 10.7. The topological polar surface area (TPSA) is 36.9 Å². The van der Waals surface area contributed by atoms with Gasteiger partial charge in [-0.15, -0.1) is 0 Å². The number of hydrogen-bond acceptors (Lipinski definition) is 4. The first-order valence-electron chi connectivity index (χ1n) is 17.0. The van der Waals surface area contributed by atoms with Gasteiger partial charge < -0.3 is 18.9 Å². The van der Waals surface area contributed by atoms with Crippen LogP contribution in [0.15, 0.2) is 97.1 Å². The molecule has 1 saturated carbocycles. The van der Waals surface area contributed by atoms with Crippen LogP contribution in [0.1, 0.15) is 74.8 Å². The Morgan fingerprint density at radius 1 is 0.604 bits per heavy atom. The predicted molar refractivity (Wildman–Crippen MR) is 195 cm³/mol. The van der Waals surface area contributed by atoms with E-state index in [1.807, 2.05) is 24.3 Å². The monoisotopic (exact) mass is 636 g/mol. The van der Waals surface area contributed by atoms with Crippen molar-refractivity contribution in [2.75, 3.05) is 21.3 Å². The fourth-order valence-electron chi connectivity index (χ4n) is 9.92. The lowest BCUT2D eigenvalue weighted by Crippen LogP contribution is -2.44. The Morgan fingerprint density at radius 2 is 1.17 bits per heavy atom. The van der Waals surface area contributed by atoms with Crippen LogP contribution in [0.2, 0.25) is 0 Å². The van der Waals surface area contributed by atoms with E-state index in [1.54, 1.807) is 21.3 Å². The van der Waals surface area contributed by atoms with Crippen molar-refractivity contribution in [1.29, 1.82) is 0 Å². The molecule has 0 radical (unpaired) electrons. The van der Waals surface area contributed by atoms with Gasteiger partial charge in [-0.25, -0.2) is 0 Å². The fraction of sp³-hybridized carbons (Fsp3) is 0.318. The number of ether oxygens (including phenoxy) is 4. The first-order valence-corrected chi connectivity index (χ1v) is 17.0. The summed E-state index contributed by atoms with van der Waals surface area (Å²) in [5.74, 6) is 3.31. The zero-order valence-corrected chi connectivity index (χ0v) is 29.1. The average Bonchev–Trinajstić information content (AvgIpc) is 3.35. The SMILES string of the molecule is COc1ccc(C2(c3ccc(OC)cc3)C=Cc3c4c(c5ccc(OC)cc5c3O2)-c2ccccc2C42CC(C)(C)CC(C)(C)C2)cc1. The fourth-order valence-corrected chi connectivity index (χ4v) is 9.92. The standard InChI is InChI=1S/C44H44O4/c1-41(2)25-42(3,4)27-43(26-41)37-11-9-8-10-34(37)38-33-21-20-32(47-7)24-36(33)40-35(39(38)43)22-23-44(48-40,28-12-16-30(45-5)17-13-28)29-14-18-31(46-6)19-15-29/h8-24H,25-27H2,1-7H3. The van der Waals surface area contributed by atoms with Gasteiger partial charge in [-0.2, -0.15) is 0 Å². The molecule has 0 bridgehead atoms. The summed E-state index contributed by atoms with van der Waals surface area (Å²) >= 11 is 0. The third-order valence-corrected chi connectivity index (χ3v) is 11.0. The summed E-state index contributed by atoms with van der Waals surface area (Å²) in [7, 11) is 5.13. The molecule has 8 rings (SSSR count). The van der Waals surface area contributed by atoms with Gasteiger partial charge in [-0.05, 0) is 106 Å². The molecule has 0 N–H and O–H groups in total. The summed E-state index contributed by atoms with van der Waals surface area (Å²) in [4.78, 5) is 0. The van der Waals surface area contributed by atoms with Gasteiger partial charge in [0.05, 0.1) is 21.3 Å². The molecule has 1 heterocycles. The molecule has 4 nitrogen and oxygen atoms in total. The molecule has 5 aromatic carbocycles. The lowest BCUT2D eigenvalue weighted by atomic mass is 9.52. The molecule has 1 fully saturated rings. The summed E-state index contributed by atoms with van der Waals surface area (Å²) in [5.41, 5.74) is 8.03. The molecule has 3 aliphatic rings. The molecular formula is C44H44O4. The maximum absolute atomic E-state index is 7.59. The summed E-state index contributed by atoms with van der Waals surface area (Å²) in [5, 5.41) is 2.25. The second-order valence-electron chi connectivity index (χ2n) is 15.5. The normalized spacial score (nSPS) is 18.8. The quantitative estimate of drug-likeness (QED) is 0.192. The van der Waals surface area contributed by atoms with Crippen LogP contribution < -0.4 is 18.9 Å². The largest absolute Gasteiger partial charge is 0.497 e. The highest BCUT2D eigenvalue weighted by atomic mass is 16.5. The van der Waals surface area contributed by atoms with Crippen molar-refractivity contribution in [2.45, 2.75) is 58.0 Å². The van der Waals surface area contributed by atoms with Crippen molar-refractivity contribution < 1.29 is 18.9 Å². The third kappa shape index (κ3) is 4.48. The number of fused-ring (bicyclic) bond motifs is 10. The minimum atomic E-state index is -0.889. The minimum absolute atomic E-state index is 0.150. The van der Waals surface area contributed by atoms with Crippen LogP contribution in [-0.2, 0) is 11.0 Å². The zero-order valence-electron chi connectivity index (χ0n) is 29.1. The molecule has 0 atom stereocenters. The highest BCUT2D eigenvalue weighted by molar-refractivity contribution is 6.09. The van der Waals surface area contributed by atoms with E-state index in [4.69, 9.17) is 18.9 Å². The van der Waals surface area contributed by atoms with E-state index in [-0.39, 0.29) is 16.2 Å². The average molecular weight is 637 g/mol. The number of benzene rings is 5. The highest BCUT2D eigenvalue weighted by Gasteiger charge is 2.55. The Hall–Kier alpha value is -4.70. The zero-order chi connectivity index (χ0) is 33.5. The van der Waals surface area contributed by atoms with Gasteiger partial charge in [-0.1, -0.05) is 82.3 Å². The van der Waals surface area contributed by atoms with Crippen molar-refractivity contribution in [3.8, 4) is 34.1 Å². The van der Waals surface area contributed by atoms with Crippen LogP contribution in [-0.4, -0.2) is 21.3 Å². The van der Waals surface area contributed by atoms with Crippen LogP contribution in [0.25, 0.3) is 28.0 Å². The van der Waals surface area contributed by atoms with Crippen LogP contribution in [0.3, 0.4) is 0 Å². The van der Waals surface area contributed by atoms with E-state index in [9.17, 15) is 0 Å². The third-order valence-electron chi connectivity index (χ3n) is 11.0. The van der Waals surface area contributed by atoms with Crippen LogP contribution in [0.4, 0.5) is 0 Å². The van der Waals surface area contributed by atoms with Crippen molar-refractivity contribution in [2.24, 2.45) is 10.8 Å². The molecule has 48 heavy (non-hydrogen) atoms. The van der Waals surface area contributed by atoms with Crippen molar-refractivity contribution in [3.05, 3.63) is 125 Å². The second kappa shape index (κ2) is 10.7. The highest BCUT2D eigenvalue weighted by Crippen LogP contribution is 2.67. The number of rotatable bonds is 5. The Morgan fingerprint density at radius 3 is 1.75 bits per heavy atom. The van der Waals surface area contributed by atoms with Gasteiger partial charge >= 0.3 is 0 Å². The molecule has 0 unspecified atom stereocenters. The molecule has 1 spiro atoms. The maximum atomic E-state index is 7.59. The Kier molecular flexibility index (Phi) is 6.80. The Balaban J connectivity index is 1.46. The molecular weight excluding hydrogens is 592 g/mol. The van der Waals surface area contributed by atoms with E-state index in [0.717, 1.165) is 52.4 Å². The van der Waals surface area contributed by atoms with E-state index in [0.29, 0.717) is 0 Å². The first kappa shape index (κ1) is 30.6. The van der Waals surface area contributed by atoms with Gasteiger partial charge in [0.2, 0.25) is 0 Å². The van der Waals surface area contributed by atoms with Crippen LogP contribution >= 0.6 is 0 Å². The molecule has 4 heteroatoms. The van der Waals surface area contributed by atoms with Gasteiger partial charge in [0, 0.05) is 27.5 Å². The van der Waals surface area contributed by atoms with Gasteiger partial charge in [0.15, 0.2) is 5.60 Å². The molecule has 1 aliphatic heterocycles. The van der Waals surface area contributed by atoms with Crippen molar-refractivity contribution in [3.63, 3.8) is 0 Å². The second-order valence-corrected chi connectivity index (χ2v) is 15.5. The van der Waals surface area contributed by atoms with E-state index in [1.165, 1.54) is 39.6 Å². The summed E-state index contributed by atoms with van der Waals surface area (Å²) in [6, 6.07) is 32.1. The maximum Gasteiger partial charge on any atom is 0.178 e. The molecule has 5 aromatic rings. The van der Waals surface area contributed by atoms with Gasteiger partial charge in [0.1, 0.15) is 23.0 Å². The molecule has 244 valence electrons. The van der Waals surface area contributed by atoms with Crippen LogP contribution in [0.5, 0.6) is 23.0 Å². The molecule has 2 aliphatic carbocycles. The summed E-state index contributed by atoms with van der Waals surface area (Å²) in [6.45, 7) is 9.83. The van der Waals surface area contributed by atoms with E-state index in [2.05, 4.69) is 107 Å².